The van der Waals surface area contributed by atoms with Crippen LogP contribution in [-0.4, -0.2) is 17.4 Å². The standard InChI is InChI=1S/C14H13N3OS2/c15-10-1-2-12-9(5-10)6-13(20-12)14(18)16-4-3-11-7-19-8-17-11/h1-2,5-8H,3-4,15H2,(H,16,18). The van der Waals surface area contributed by atoms with Crippen LogP contribution in [0.3, 0.4) is 0 Å². The molecule has 6 heteroatoms. The van der Waals surface area contributed by atoms with Crippen LogP contribution < -0.4 is 11.1 Å². The number of carbonyl (C=O) groups excluding carboxylic acids is 1. The molecule has 20 heavy (non-hydrogen) atoms. The van der Waals surface area contributed by atoms with Crippen LogP contribution in [0.2, 0.25) is 0 Å². The van der Waals surface area contributed by atoms with Crippen LogP contribution in [0.25, 0.3) is 10.1 Å². The van der Waals surface area contributed by atoms with Gasteiger partial charge in [-0.05, 0) is 29.7 Å². The van der Waals surface area contributed by atoms with Gasteiger partial charge in [0.05, 0.1) is 16.1 Å². The second-order valence-corrected chi connectivity index (χ2v) is 6.20. The molecule has 1 amide bonds. The number of rotatable bonds is 4. The van der Waals surface area contributed by atoms with Gasteiger partial charge in [-0.1, -0.05) is 0 Å². The first-order chi connectivity index (χ1) is 9.72. The van der Waals surface area contributed by atoms with Gasteiger partial charge in [0.25, 0.3) is 5.91 Å². The van der Waals surface area contributed by atoms with E-state index in [9.17, 15) is 4.79 Å². The lowest BCUT2D eigenvalue weighted by Crippen LogP contribution is -2.24. The molecule has 0 unspecified atom stereocenters. The van der Waals surface area contributed by atoms with E-state index in [1.807, 2.05) is 29.6 Å². The molecule has 4 nitrogen and oxygen atoms in total. The molecular weight excluding hydrogens is 290 g/mol. The Bertz CT molecular complexity index is 734. The molecule has 3 N–H and O–H groups in total. The van der Waals surface area contributed by atoms with E-state index in [-0.39, 0.29) is 5.91 Å². The van der Waals surface area contributed by atoms with E-state index in [4.69, 9.17) is 5.73 Å². The Morgan fingerprint density at radius 2 is 2.25 bits per heavy atom. The summed E-state index contributed by atoms with van der Waals surface area (Å²) in [5.74, 6) is -0.0417. The number of anilines is 1. The summed E-state index contributed by atoms with van der Waals surface area (Å²) in [5.41, 5.74) is 9.27. The maximum Gasteiger partial charge on any atom is 0.261 e. The van der Waals surface area contributed by atoms with E-state index in [0.717, 1.165) is 22.2 Å². The van der Waals surface area contributed by atoms with Gasteiger partial charge in [0.15, 0.2) is 0 Å². The number of fused-ring (bicyclic) bond motifs is 1. The van der Waals surface area contributed by atoms with Crippen molar-refractivity contribution in [3.05, 3.63) is 45.7 Å². The Balaban J connectivity index is 1.66. The third kappa shape index (κ3) is 2.81. The normalized spacial score (nSPS) is 10.8. The molecule has 3 aromatic rings. The van der Waals surface area contributed by atoms with Crippen molar-refractivity contribution in [1.29, 1.82) is 0 Å². The highest BCUT2D eigenvalue weighted by atomic mass is 32.1. The van der Waals surface area contributed by atoms with Crippen molar-refractivity contribution in [3.63, 3.8) is 0 Å². The largest absolute Gasteiger partial charge is 0.399 e. The molecule has 102 valence electrons. The number of amides is 1. The van der Waals surface area contributed by atoms with Gasteiger partial charge < -0.3 is 11.1 Å². The molecule has 0 radical (unpaired) electrons. The lowest BCUT2D eigenvalue weighted by atomic mass is 10.2. The molecule has 1 aromatic carbocycles. The molecule has 0 fully saturated rings. The van der Waals surface area contributed by atoms with Crippen molar-refractivity contribution in [2.24, 2.45) is 0 Å². The number of nitrogens with one attached hydrogen (secondary N) is 1. The quantitative estimate of drug-likeness (QED) is 0.728. The number of hydrogen-bond donors (Lipinski definition) is 2. The summed E-state index contributed by atoms with van der Waals surface area (Å²) in [6.45, 7) is 0.596. The summed E-state index contributed by atoms with van der Waals surface area (Å²) >= 11 is 3.05. The Hall–Kier alpha value is -1.92. The molecule has 0 spiro atoms. The maximum absolute atomic E-state index is 12.1. The first-order valence-corrected chi connectivity index (χ1v) is 7.92. The predicted molar refractivity (Wildman–Crippen MR) is 84.4 cm³/mol. The van der Waals surface area contributed by atoms with Gasteiger partial charge in [-0.25, -0.2) is 4.98 Å². The molecule has 0 aliphatic rings. The van der Waals surface area contributed by atoms with Gasteiger partial charge in [0.1, 0.15) is 0 Å². The first-order valence-electron chi connectivity index (χ1n) is 6.17. The smallest absolute Gasteiger partial charge is 0.261 e. The van der Waals surface area contributed by atoms with E-state index < -0.39 is 0 Å². The lowest BCUT2D eigenvalue weighted by molar-refractivity contribution is 0.0958. The van der Waals surface area contributed by atoms with Crippen LogP contribution in [0.5, 0.6) is 0 Å². The van der Waals surface area contributed by atoms with Crippen LogP contribution in [-0.2, 0) is 6.42 Å². The molecule has 0 atom stereocenters. The summed E-state index contributed by atoms with van der Waals surface area (Å²) in [6, 6.07) is 7.57. The predicted octanol–water partition coefficient (Wildman–Crippen LogP) is 2.91. The fraction of sp³-hybridized carbons (Fsp3) is 0.143. The van der Waals surface area contributed by atoms with E-state index >= 15 is 0 Å². The van der Waals surface area contributed by atoms with Crippen LogP contribution >= 0.6 is 22.7 Å². The maximum atomic E-state index is 12.1. The number of thiazole rings is 1. The zero-order valence-electron chi connectivity index (χ0n) is 10.6. The molecular formula is C14H13N3OS2. The Morgan fingerprint density at radius 3 is 3.05 bits per heavy atom. The highest BCUT2D eigenvalue weighted by Gasteiger charge is 2.10. The minimum atomic E-state index is -0.0417. The number of nitrogens with zero attached hydrogens (tertiary/aromatic N) is 1. The summed E-state index contributed by atoms with van der Waals surface area (Å²) in [7, 11) is 0. The third-order valence-corrected chi connectivity index (χ3v) is 4.66. The number of benzene rings is 1. The monoisotopic (exact) mass is 303 g/mol. The lowest BCUT2D eigenvalue weighted by Gasteiger charge is -2.01. The van der Waals surface area contributed by atoms with Crippen LogP contribution in [0, 0.1) is 0 Å². The highest BCUT2D eigenvalue weighted by Crippen LogP contribution is 2.27. The van der Waals surface area contributed by atoms with Gasteiger partial charge in [-0.3, -0.25) is 4.79 Å². The molecule has 0 bridgehead atoms. The second kappa shape index (κ2) is 5.60. The number of thiophene rings is 1. The summed E-state index contributed by atoms with van der Waals surface area (Å²) in [6.07, 6.45) is 0.757. The van der Waals surface area contributed by atoms with Crippen molar-refractivity contribution in [3.8, 4) is 0 Å². The average Bonchev–Trinajstić information content (AvgIpc) is 3.06. The minimum absolute atomic E-state index is 0.0417. The van der Waals surface area contributed by atoms with Crippen LogP contribution in [0.15, 0.2) is 35.2 Å². The fourth-order valence-corrected chi connectivity index (χ4v) is 3.48. The van der Waals surface area contributed by atoms with Crippen LogP contribution in [0.1, 0.15) is 15.4 Å². The summed E-state index contributed by atoms with van der Waals surface area (Å²) in [4.78, 5) is 17.0. The van der Waals surface area contributed by atoms with Gasteiger partial charge in [-0.2, -0.15) is 0 Å². The third-order valence-electron chi connectivity index (χ3n) is 2.91. The van der Waals surface area contributed by atoms with Crippen LogP contribution in [0.4, 0.5) is 5.69 Å². The van der Waals surface area contributed by atoms with Gasteiger partial charge >= 0.3 is 0 Å². The van der Waals surface area contributed by atoms with Gasteiger partial charge in [-0.15, -0.1) is 22.7 Å². The Kier molecular flexibility index (Phi) is 3.66. The fourth-order valence-electron chi connectivity index (χ4n) is 1.93. The molecule has 0 aliphatic heterocycles. The molecule has 0 saturated carbocycles. The SMILES string of the molecule is Nc1ccc2sc(C(=O)NCCc3cscn3)cc2c1. The van der Waals surface area contributed by atoms with Crippen molar-refractivity contribution >= 4 is 44.4 Å². The Morgan fingerprint density at radius 1 is 1.35 bits per heavy atom. The molecule has 3 rings (SSSR count). The van der Waals surface area contributed by atoms with E-state index in [0.29, 0.717) is 17.1 Å². The summed E-state index contributed by atoms with van der Waals surface area (Å²) < 4.78 is 1.07. The molecule has 2 heterocycles. The first kappa shape index (κ1) is 13.1. The second-order valence-electron chi connectivity index (χ2n) is 4.39. The zero-order valence-corrected chi connectivity index (χ0v) is 12.3. The number of carbonyl (C=O) groups is 1. The van der Waals surface area contributed by atoms with E-state index in [1.54, 1.807) is 16.8 Å². The number of aromatic nitrogens is 1. The van der Waals surface area contributed by atoms with E-state index in [2.05, 4.69) is 10.3 Å². The topological polar surface area (TPSA) is 68.0 Å². The number of hydrogen-bond acceptors (Lipinski definition) is 5. The van der Waals surface area contributed by atoms with Crippen molar-refractivity contribution in [1.82, 2.24) is 10.3 Å². The molecule has 0 aliphatic carbocycles. The van der Waals surface area contributed by atoms with Crippen molar-refractivity contribution in [2.45, 2.75) is 6.42 Å². The number of nitrogens with two attached hydrogens (primary N) is 1. The molecule has 0 saturated heterocycles. The van der Waals surface area contributed by atoms with E-state index in [1.165, 1.54) is 11.3 Å². The van der Waals surface area contributed by atoms with Crippen molar-refractivity contribution in [2.75, 3.05) is 12.3 Å². The van der Waals surface area contributed by atoms with Crippen molar-refractivity contribution < 1.29 is 4.79 Å². The average molecular weight is 303 g/mol. The Labute approximate surface area is 124 Å². The highest BCUT2D eigenvalue weighted by molar-refractivity contribution is 7.20. The molecule has 2 aromatic heterocycles. The summed E-state index contributed by atoms with van der Waals surface area (Å²) in [5, 5.41) is 5.93. The minimum Gasteiger partial charge on any atom is -0.399 e. The van der Waals surface area contributed by atoms with Gasteiger partial charge in [0.2, 0.25) is 0 Å². The zero-order chi connectivity index (χ0) is 13.9. The van der Waals surface area contributed by atoms with Gasteiger partial charge in [0, 0.05) is 28.7 Å². The number of nitrogen functional groups attached to an aromatic ring is 1.